The summed E-state index contributed by atoms with van der Waals surface area (Å²) in [6, 6.07) is 1.74. The van der Waals surface area contributed by atoms with Gasteiger partial charge < -0.3 is 9.30 Å². The molecule has 0 aromatic carbocycles. The first-order chi connectivity index (χ1) is 7.61. The number of carbonyl (C=O) groups excluding carboxylic acids is 1. The lowest BCUT2D eigenvalue weighted by Gasteiger charge is -2.05. The summed E-state index contributed by atoms with van der Waals surface area (Å²) >= 11 is 0. The molecule has 0 saturated carbocycles. The lowest BCUT2D eigenvalue weighted by atomic mass is 10.2. The fraction of sp³-hybridized carbons (Fsp3) is 0.455. The molecule has 0 saturated heterocycles. The number of esters is 1. The van der Waals surface area contributed by atoms with Gasteiger partial charge in [-0.25, -0.2) is 9.31 Å². The predicted molar refractivity (Wildman–Crippen MR) is 59.4 cm³/mol. The van der Waals surface area contributed by atoms with Crippen molar-refractivity contribution < 1.29 is 9.53 Å². The maximum Gasteiger partial charge on any atom is 0.358 e. The topological polar surface area (TPSA) is 48.5 Å². The predicted octanol–water partition coefficient (Wildman–Crippen LogP) is 1.58. The highest BCUT2D eigenvalue weighted by atomic mass is 16.5. The average molecular weight is 221 g/mol. The van der Waals surface area contributed by atoms with Gasteiger partial charge in [0.25, 0.3) is 0 Å². The standard InChI is InChI=1S/C11H15N3O2/c1-8(2)7-13-4-5-14-10(13)6-9(12-14)11(15)16-3/h4-6,8H,7H2,1-3H3. The second-order valence-corrected chi connectivity index (χ2v) is 4.17. The summed E-state index contributed by atoms with van der Waals surface area (Å²) in [5, 5.41) is 4.13. The molecule has 2 rings (SSSR count). The first kappa shape index (κ1) is 10.7. The van der Waals surface area contributed by atoms with E-state index in [0.717, 1.165) is 12.2 Å². The van der Waals surface area contributed by atoms with Crippen LogP contribution in [0.1, 0.15) is 24.3 Å². The van der Waals surface area contributed by atoms with Crippen molar-refractivity contribution in [1.29, 1.82) is 0 Å². The van der Waals surface area contributed by atoms with E-state index in [1.54, 1.807) is 10.6 Å². The third-order valence-electron chi connectivity index (χ3n) is 2.35. The van der Waals surface area contributed by atoms with Gasteiger partial charge in [0, 0.05) is 25.0 Å². The molecule has 0 atom stereocenters. The van der Waals surface area contributed by atoms with E-state index in [1.807, 2.05) is 12.4 Å². The number of nitrogens with zero attached hydrogens (tertiary/aromatic N) is 3. The summed E-state index contributed by atoms with van der Waals surface area (Å²) < 4.78 is 8.39. The van der Waals surface area contributed by atoms with Crippen LogP contribution in [0.3, 0.4) is 0 Å². The molecule has 0 fully saturated rings. The first-order valence-electron chi connectivity index (χ1n) is 5.24. The van der Waals surface area contributed by atoms with E-state index in [0.29, 0.717) is 11.6 Å². The third-order valence-corrected chi connectivity index (χ3v) is 2.35. The van der Waals surface area contributed by atoms with E-state index < -0.39 is 5.97 Å². The summed E-state index contributed by atoms with van der Waals surface area (Å²) in [5.74, 6) is 0.146. The Morgan fingerprint density at radius 1 is 1.50 bits per heavy atom. The van der Waals surface area contributed by atoms with Crippen LogP contribution < -0.4 is 0 Å². The Morgan fingerprint density at radius 3 is 2.88 bits per heavy atom. The fourth-order valence-electron chi connectivity index (χ4n) is 1.68. The highest BCUT2D eigenvalue weighted by molar-refractivity contribution is 5.88. The average Bonchev–Trinajstić information content (AvgIpc) is 2.78. The minimum Gasteiger partial charge on any atom is -0.464 e. The molecule has 0 spiro atoms. The molecule has 0 aliphatic rings. The van der Waals surface area contributed by atoms with E-state index in [-0.39, 0.29) is 0 Å². The van der Waals surface area contributed by atoms with Crippen molar-refractivity contribution in [2.45, 2.75) is 20.4 Å². The lowest BCUT2D eigenvalue weighted by Crippen LogP contribution is -2.03. The molecule has 0 N–H and O–H groups in total. The summed E-state index contributed by atoms with van der Waals surface area (Å²) in [7, 11) is 1.36. The number of hydrogen-bond donors (Lipinski definition) is 0. The summed E-state index contributed by atoms with van der Waals surface area (Å²) in [4.78, 5) is 11.3. The normalized spacial score (nSPS) is 11.2. The Bertz CT molecular complexity index is 510. The quantitative estimate of drug-likeness (QED) is 0.739. The van der Waals surface area contributed by atoms with Crippen LogP contribution in [0.4, 0.5) is 0 Å². The lowest BCUT2D eigenvalue weighted by molar-refractivity contribution is 0.0593. The largest absolute Gasteiger partial charge is 0.464 e. The minimum atomic E-state index is -0.403. The number of imidazole rings is 1. The van der Waals surface area contributed by atoms with Gasteiger partial charge in [-0.05, 0) is 5.92 Å². The van der Waals surface area contributed by atoms with Crippen LogP contribution in [0, 0.1) is 5.92 Å². The highest BCUT2D eigenvalue weighted by Gasteiger charge is 2.13. The van der Waals surface area contributed by atoms with E-state index in [1.165, 1.54) is 7.11 Å². The van der Waals surface area contributed by atoms with Crippen LogP contribution in [0.25, 0.3) is 5.65 Å². The van der Waals surface area contributed by atoms with E-state index in [9.17, 15) is 4.79 Å². The van der Waals surface area contributed by atoms with Gasteiger partial charge in [0.2, 0.25) is 0 Å². The van der Waals surface area contributed by atoms with Gasteiger partial charge in [0.1, 0.15) is 5.65 Å². The molecule has 0 amide bonds. The van der Waals surface area contributed by atoms with Crippen molar-refractivity contribution in [2.24, 2.45) is 5.92 Å². The Morgan fingerprint density at radius 2 is 2.25 bits per heavy atom. The number of methoxy groups -OCH3 is 1. The Labute approximate surface area is 93.6 Å². The molecule has 0 unspecified atom stereocenters. The van der Waals surface area contributed by atoms with Crippen LogP contribution in [0.15, 0.2) is 18.5 Å². The number of hydrogen-bond acceptors (Lipinski definition) is 3. The summed E-state index contributed by atoms with van der Waals surface area (Å²) in [5.41, 5.74) is 1.25. The fourth-order valence-corrected chi connectivity index (χ4v) is 1.68. The first-order valence-corrected chi connectivity index (χ1v) is 5.24. The maximum absolute atomic E-state index is 11.3. The molecule has 0 aliphatic heterocycles. The molecular weight excluding hydrogens is 206 g/mol. The Kier molecular flexibility index (Phi) is 2.68. The van der Waals surface area contributed by atoms with Crippen molar-refractivity contribution in [3.8, 4) is 0 Å². The molecule has 16 heavy (non-hydrogen) atoms. The number of rotatable bonds is 3. The molecule has 2 aromatic rings. The van der Waals surface area contributed by atoms with Crippen LogP contribution in [-0.2, 0) is 11.3 Å². The molecular formula is C11H15N3O2. The SMILES string of the molecule is COC(=O)c1cc2n(CC(C)C)ccn2n1. The molecule has 0 radical (unpaired) electrons. The number of fused-ring (bicyclic) bond motifs is 1. The molecule has 2 heterocycles. The van der Waals surface area contributed by atoms with Gasteiger partial charge >= 0.3 is 5.97 Å². The van der Waals surface area contributed by atoms with Gasteiger partial charge in [-0.15, -0.1) is 0 Å². The molecule has 0 bridgehead atoms. The van der Waals surface area contributed by atoms with Crippen molar-refractivity contribution >= 4 is 11.6 Å². The number of aromatic nitrogens is 3. The van der Waals surface area contributed by atoms with Gasteiger partial charge in [-0.3, -0.25) is 0 Å². The molecule has 5 heteroatoms. The van der Waals surface area contributed by atoms with Gasteiger partial charge in [-0.2, -0.15) is 5.10 Å². The zero-order valence-electron chi connectivity index (χ0n) is 9.67. The highest BCUT2D eigenvalue weighted by Crippen LogP contribution is 2.11. The third kappa shape index (κ3) is 1.80. The second kappa shape index (κ2) is 4.00. The number of ether oxygens (including phenoxy) is 1. The molecule has 2 aromatic heterocycles. The van der Waals surface area contributed by atoms with Crippen molar-refractivity contribution in [2.75, 3.05) is 7.11 Å². The van der Waals surface area contributed by atoms with Crippen LogP contribution in [0.5, 0.6) is 0 Å². The summed E-state index contributed by atoms with van der Waals surface area (Å²) in [6.07, 6.45) is 3.80. The smallest absolute Gasteiger partial charge is 0.358 e. The van der Waals surface area contributed by atoms with Gasteiger partial charge in [-0.1, -0.05) is 13.8 Å². The zero-order valence-corrected chi connectivity index (χ0v) is 9.67. The van der Waals surface area contributed by atoms with Crippen LogP contribution in [0.2, 0.25) is 0 Å². The van der Waals surface area contributed by atoms with E-state index in [2.05, 4.69) is 28.3 Å². The Balaban J connectivity index is 2.39. The molecule has 5 nitrogen and oxygen atoms in total. The monoisotopic (exact) mass is 221 g/mol. The van der Waals surface area contributed by atoms with E-state index in [4.69, 9.17) is 0 Å². The Hall–Kier alpha value is -1.78. The number of carbonyl (C=O) groups is 1. The second-order valence-electron chi connectivity index (χ2n) is 4.17. The van der Waals surface area contributed by atoms with Crippen molar-refractivity contribution in [3.63, 3.8) is 0 Å². The van der Waals surface area contributed by atoms with Gasteiger partial charge in [0.05, 0.1) is 7.11 Å². The van der Waals surface area contributed by atoms with Crippen LogP contribution in [-0.4, -0.2) is 27.3 Å². The minimum absolute atomic E-state index is 0.343. The molecule has 86 valence electrons. The van der Waals surface area contributed by atoms with Crippen molar-refractivity contribution in [1.82, 2.24) is 14.2 Å². The van der Waals surface area contributed by atoms with Crippen LogP contribution >= 0.6 is 0 Å². The van der Waals surface area contributed by atoms with Gasteiger partial charge in [0.15, 0.2) is 5.69 Å². The van der Waals surface area contributed by atoms with E-state index >= 15 is 0 Å². The van der Waals surface area contributed by atoms with Crippen molar-refractivity contribution in [3.05, 3.63) is 24.2 Å². The zero-order chi connectivity index (χ0) is 11.7. The maximum atomic E-state index is 11.3. The summed E-state index contributed by atoms with van der Waals surface area (Å²) in [6.45, 7) is 5.20. The molecule has 0 aliphatic carbocycles.